The molecule has 2 heterocycles. The SMILES string of the molecule is CCN1CCN(c2cc(Nc3ccc(OC(C)C)cc3)ncn2)CC1. The van der Waals surface area contributed by atoms with E-state index in [0.717, 1.165) is 55.8 Å². The predicted molar refractivity (Wildman–Crippen MR) is 102 cm³/mol. The molecule has 0 spiro atoms. The monoisotopic (exact) mass is 341 g/mol. The fourth-order valence-corrected chi connectivity index (χ4v) is 2.92. The third kappa shape index (κ3) is 4.82. The molecule has 0 saturated carbocycles. The van der Waals surface area contributed by atoms with Gasteiger partial charge in [-0.2, -0.15) is 0 Å². The van der Waals surface area contributed by atoms with Gasteiger partial charge in [0, 0.05) is 37.9 Å². The minimum atomic E-state index is 0.177. The van der Waals surface area contributed by atoms with E-state index >= 15 is 0 Å². The van der Waals surface area contributed by atoms with E-state index in [1.807, 2.05) is 44.2 Å². The molecule has 6 heteroatoms. The van der Waals surface area contributed by atoms with Crippen molar-refractivity contribution in [1.29, 1.82) is 0 Å². The molecule has 1 aromatic heterocycles. The van der Waals surface area contributed by atoms with Gasteiger partial charge in [-0.25, -0.2) is 9.97 Å². The van der Waals surface area contributed by atoms with Crippen LogP contribution in [-0.2, 0) is 0 Å². The lowest BCUT2D eigenvalue weighted by Crippen LogP contribution is -2.46. The first-order valence-electron chi connectivity index (χ1n) is 8.97. The number of piperazine rings is 1. The molecular formula is C19H27N5O. The first-order chi connectivity index (χ1) is 12.1. The lowest BCUT2D eigenvalue weighted by molar-refractivity contribution is 0.242. The zero-order valence-corrected chi connectivity index (χ0v) is 15.3. The summed E-state index contributed by atoms with van der Waals surface area (Å²) in [5.74, 6) is 2.66. The second-order valence-electron chi connectivity index (χ2n) is 6.50. The number of anilines is 3. The van der Waals surface area contributed by atoms with E-state index in [1.54, 1.807) is 6.33 Å². The fraction of sp³-hybridized carbons (Fsp3) is 0.474. The van der Waals surface area contributed by atoms with Crippen LogP contribution >= 0.6 is 0 Å². The van der Waals surface area contributed by atoms with Crippen LogP contribution < -0.4 is 15.0 Å². The van der Waals surface area contributed by atoms with Gasteiger partial charge in [0.05, 0.1) is 6.10 Å². The number of likely N-dealkylation sites (N-methyl/N-ethyl adjacent to an activating group) is 1. The van der Waals surface area contributed by atoms with Gasteiger partial charge in [-0.15, -0.1) is 0 Å². The van der Waals surface area contributed by atoms with Gasteiger partial charge in [0.2, 0.25) is 0 Å². The molecule has 134 valence electrons. The summed E-state index contributed by atoms with van der Waals surface area (Å²) in [6, 6.07) is 9.95. The molecule has 1 N–H and O–H groups in total. The number of nitrogens with one attached hydrogen (secondary N) is 1. The maximum absolute atomic E-state index is 5.67. The maximum Gasteiger partial charge on any atom is 0.135 e. The van der Waals surface area contributed by atoms with Gasteiger partial charge in [-0.3, -0.25) is 0 Å². The van der Waals surface area contributed by atoms with Crippen LogP contribution in [0.5, 0.6) is 5.75 Å². The lowest BCUT2D eigenvalue weighted by Gasteiger charge is -2.34. The molecule has 1 aromatic carbocycles. The van der Waals surface area contributed by atoms with Crippen LogP contribution in [0.1, 0.15) is 20.8 Å². The third-order valence-electron chi connectivity index (χ3n) is 4.29. The number of aromatic nitrogens is 2. The fourth-order valence-electron chi connectivity index (χ4n) is 2.92. The summed E-state index contributed by atoms with van der Waals surface area (Å²) in [4.78, 5) is 13.6. The third-order valence-corrected chi connectivity index (χ3v) is 4.29. The summed E-state index contributed by atoms with van der Waals surface area (Å²) >= 11 is 0. The standard InChI is InChI=1S/C19H27N5O/c1-4-23-9-11-24(12-10-23)19-13-18(20-14-21-19)22-16-5-7-17(8-6-16)25-15(2)3/h5-8,13-15H,4,9-12H2,1-3H3,(H,20,21,22). The second-order valence-corrected chi connectivity index (χ2v) is 6.50. The number of rotatable bonds is 6. The smallest absolute Gasteiger partial charge is 0.135 e. The maximum atomic E-state index is 5.67. The van der Waals surface area contributed by atoms with E-state index in [4.69, 9.17) is 4.74 Å². The Morgan fingerprint density at radius 1 is 1.08 bits per heavy atom. The number of ether oxygens (including phenoxy) is 1. The highest BCUT2D eigenvalue weighted by Crippen LogP contribution is 2.22. The van der Waals surface area contributed by atoms with Gasteiger partial charge < -0.3 is 19.9 Å². The van der Waals surface area contributed by atoms with E-state index in [-0.39, 0.29) is 6.10 Å². The van der Waals surface area contributed by atoms with Crippen molar-refractivity contribution in [3.63, 3.8) is 0 Å². The zero-order valence-electron chi connectivity index (χ0n) is 15.3. The molecule has 25 heavy (non-hydrogen) atoms. The Kier molecular flexibility index (Phi) is 5.71. The Morgan fingerprint density at radius 2 is 1.80 bits per heavy atom. The normalized spacial score (nSPS) is 15.4. The van der Waals surface area contributed by atoms with Crippen molar-refractivity contribution in [3.8, 4) is 5.75 Å². The van der Waals surface area contributed by atoms with Crippen LogP contribution in [-0.4, -0.2) is 53.7 Å². The van der Waals surface area contributed by atoms with Gasteiger partial charge >= 0.3 is 0 Å². The molecule has 1 aliphatic heterocycles. The van der Waals surface area contributed by atoms with Crippen LogP contribution in [0.25, 0.3) is 0 Å². The second kappa shape index (κ2) is 8.16. The Bertz CT molecular complexity index is 666. The Balaban J connectivity index is 1.63. The number of nitrogens with zero attached hydrogens (tertiary/aromatic N) is 4. The Morgan fingerprint density at radius 3 is 2.44 bits per heavy atom. The molecule has 6 nitrogen and oxygen atoms in total. The van der Waals surface area contributed by atoms with E-state index in [1.165, 1.54) is 0 Å². The minimum Gasteiger partial charge on any atom is -0.491 e. The molecule has 3 rings (SSSR count). The van der Waals surface area contributed by atoms with Gasteiger partial charge in [-0.05, 0) is 44.7 Å². The van der Waals surface area contributed by atoms with E-state index in [2.05, 4.69) is 32.0 Å². The summed E-state index contributed by atoms with van der Waals surface area (Å²) < 4.78 is 5.67. The van der Waals surface area contributed by atoms with Crippen LogP contribution in [0.4, 0.5) is 17.3 Å². The number of hydrogen-bond acceptors (Lipinski definition) is 6. The number of benzene rings is 1. The molecule has 1 saturated heterocycles. The molecular weight excluding hydrogens is 314 g/mol. The first-order valence-corrected chi connectivity index (χ1v) is 8.97. The minimum absolute atomic E-state index is 0.177. The van der Waals surface area contributed by atoms with Crippen molar-refractivity contribution in [2.24, 2.45) is 0 Å². The Labute approximate surface area is 149 Å². The van der Waals surface area contributed by atoms with Gasteiger partial charge in [0.25, 0.3) is 0 Å². The van der Waals surface area contributed by atoms with Crippen molar-refractivity contribution in [3.05, 3.63) is 36.7 Å². The van der Waals surface area contributed by atoms with Crippen molar-refractivity contribution in [1.82, 2.24) is 14.9 Å². The van der Waals surface area contributed by atoms with Crippen molar-refractivity contribution in [2.75, 3.05) is 42.9 Å². The zero-order chi connectivity index (χ0) is 17.6. The molecule has 1 fully saturated rings. The summed E-state index contributed by atoms with van der Waals surface area (Å²) in [6.07, 6.45) is 1.80. The molecule has 2 aromatic rings. The molecule has 0 aliphatic carbocycles. The predicted octanol–water partition coefficient (Wildman–Crippen LogP) is 3.15. The van der Waals surface area contributed by atoms with Crippen LogP contribution in [0, 0.1) is 0 Å². The largest absolute Gasteiger partial charge is 0.491 e. The molecule has 0 radical (unpaired) electrons. The summed E-state index contributed by atoms with van der Waals surface area (Å²) in [7, 11) is 0. The number of hydrogen-bond donors (Lipinski definition) is 1. The molecule has 0 unspecified atom stereocenters. The van der Waals surface area contributed by atoms with Crippen LogP contribution in [0.2, 0.25) is 0 Å². The van der Waals surface area contributed by atoms with Gasteiger partial charge in [0.15, 0.2) is 0 Å². The highest BCUT2D eigenvalue weighted by atomic mass is 16.5. The van der Waals surface area contributed by atoms with Crippen LogP contribution in [0.3, 0.4) is 0 Å². The molecule has 0 atom stereocenters. The highest BCUT2D eigenvalue weighted by Gasteiger charge is 2.17. The van der Waals surface area contributed by atoms with Crippen molar-refractivity contribution in [2.45, 2.75) is 26.9 Å². The van der Waals surface area contributed by atoms with Gasteiger partial charge in [-0.1, -0.05) is 6.92 Å². The van der Waals surface area contributed by atoms with E-state index < -0.39 is 0 Å². The summed E-state index contributed by atoms with van der Waals surface area (Å²) in [5, 5.41) is 3.34. The molecule has 1 aliphatic rings. The topological polar surface area (TPSA) is 53.5 Å². The molecule has 0 amide bonds. The van der Waals surface area contributed by atoms with Crippen LogP contribution in [0.15, 0.2) is 36.7 Å². The first kappa shape index (κ1) is 17.5. The quantitative estimate of drug-likeness (QED) is 0.871. The van der Waals surface area contributed by atoms with Crippen molar-refractivity contribution >= 4 is 17.3 Å². The Hall–Kier alpha value is -2.34. The van der Waals surface area contributed by atoms with E-state index in [0.29, 0.717) is 0 Å². The molecule has 0 bridgehead atoms. The van der Waals surface area contributed by atoms with Gasteiger partial charge in [0.1, 0.15) is 23.7 Å². The highest BCUT2D eigenvalue weighted by molar-refractivity contribution is 5.60. The summed E-state index contributed by atoms with van der Waals surface area (Å²) in [5.41, 5.74) is 0.983. The van der Waals surface area contributed by atoms with Crippen molar-refractivity contribution < 1.29 is 4.74 Å². The average Bonchev–Trinajstić information content (AvgIpc) is 2.63. The lowest BCUT2D eigenvalue weighted by atomic mass is 10.3. The average molecular weight is 341 g/mol. The van der Waals surface area contributed by atoms with E-state index in [9.17, 15) is 0 Å². The summed E-state index contributed by atoms with van der Waals surface area (Å²) in [6.45, 7) is 11.5.